The van der Waals surface area contributed by atoms with Crippen LogP contribution in [0.25, 0.3) is 49.7 Å². The van der Waals surface area contributed by atoms with Crippen molar-refractivity contribution in [3.63, 3.8) is 0 Å². The van der Waals surface area contributed by atoms with Gasteiger partial charge in [0.15, 0.2) is 0 Å². The molecule has 6 rings (SSSR count). The van der Waals surface area contributed by atoms with Crippen LogP contribution in [0, 0.1) is 0 Å². The number of rotatable bonds is 4. The Hall–Kier alpha value is -2.94. The fraction of sp³-hybridized carbons (Fsp3) is 0.0714. The van der Waals surface area contributed by atoms with E-state index < -0.39 is 23.5 Å². The van der Waals surface area contributed by atoms with Crippen molar-refractivity contribution in [1.82, 2.24) is 9.97 Å². The van der Waals surface area contributed by atoms with E-state index in [1.165, 1.54) is 24.3 Å². The van der Waals surface area contributed by atoms with Gasteiger partial charge in [-0.25, -0.2) is 0 Å². The van der Waals surface area contributed by atoms with Crippen LogP contribution in [0.2, 0.25) is 0 Å². The average molecular weight is 682 g/mol. The average Bonchev–Trinajstić information content (AvgIpc) is 3.66. The maximum absolute atomic E-state index is 13.0. The zero-order valence-corrected chi connectivity index (χ0v) is 23.7. The standard InChI is InChI=1S/C28H14F6N2SSe2/c29-27(30,31)17-5-1-15(2-6-17)19-9-11-21(38-19)25-23-24(36-14-13-35-23)26(37-25)22-12-10-20(39-22)16-3-7-18(8-4-16)28(32,33)34/h1-14H. The number of nitrogens with zero attached hydrogens (tertiary/aromatic N) is 2. The van der Waals surface area contributed by atoms with Crippen molar-refractivity contribution in [2.24, 2.45) is 0 Å². The van der Waals surface area contributed by atoms with Crippen LogP contribution in [0.4, 0.5) is 26.3 Å². The fourth-order valence-electron chi connectivity index (χ4n) is 4.08. The van der Waals surface area contributed by atoms with E-state index in [1.54, 1.807) is 23.7 Å². The summed E-state index contributed by atoms with van der Waals surface area (Å²) < 4.78 is 81.8. The Balaban J connectivity index is 1.35. The molecule has 0 aliphatic carbocycles. The minimum absolute atomic E-state index is 0.134. The van der Waals surface area contributed by atoms with Gasteiger partial charge in [0.2, 0.25) is 0 Å². The number of benzene rings is 2. The third-order valence-electron chi connectivity index (χ3n) is 5.99. The Kier molecular flexibility index (Phi) is 6.68. The van der Waals surface area contributed by atoms with Crippen molar-refractivity contribution in [2.45, 2.75) is 12.4 Å². The number of thiophene rings is 1. The molecule has 39 heavy (non-hydrogen) atoms. The van der Waals surface area contributed by atoms with Gasteiger partial charge in [0.1, 0.15) is 0 Å². The molecule has 0 spiro atoms. The summed E-state index contributed by atoms with van der Waals surface area (Å²) in [5.41, 5.74) is 1.71. The van der Waals surface area contributed by atoms with Crippen molar-refractivity contribution in [2.75, 3.05) is 0 Å². The molecule has 0 atom stereocenters. The second-order valence-electron chi connectivity index (χ2n) is 8.49. The normalized spacial score (nSPS) is 12.4. The molecule has 0 aliphatic rings. The Morgan fingerprint density at radius 2 is 0.846 bits per heavy atom. The fourth-order valence-corrected chi connectivity index (χ4v) is 10.1. The molecule has 11 heteroatoms. The summed E-state index contributed by atoms with van der Waals surface area (Å²) in [7, 11) is 0. The molecule has 0 unspecified atom stereocenters. The summed E-state index contributed by atoms with van der Waals surface area (Å²) in [4.78, 5) is 11.1. The van der Waals surface area contributed by atoms with Crippen molar-refractivity contribution in [3.05, 3.63) is 96.3 Å². The first kappa shape index (κ1) is 26.3. The van der Waals surface area contributed by atoms with Crippen LogP contribution in [0.15, 0.2) is 85.2 Å². The van der Waals surface area contributed by atoms with Crippen molar-refractivity contribution in [3.8, 4) is 38.6 Å². The molecular formula is C28H14F6N2SSe2. The molecule has 0 aliphatic heterocycles. The first-order valence-corrected chi connectivity index (χ1v) is 15.6. The molecular weight excluding hydrogens is 668 g/mol. The summed E-state index contributed by atoms with van der Waals surface area (Å²) >= 11 is 1.31. The van der Waals surface area contributed by atoms with Crippen LogP contribution in [-0.4, -0.2) is 39.0 Å². The van der Waals surface area contributed by atoms with Crippen molar-refractivity contribution in [1.29, 1.82) is 0 Å². The first-order valence-electron chi connectivity index (χ1n) is 11.4. The van der Waals surface area contributed by atoms with E-state index in [0.29, 0.717) is 0 Å². The SMILES string of the molecule is FC(F)(F)c1ccc(-c2ccc(-c3sc(-c4ccc(-c5ccc(C(F)(F)F)cc5)[se]4)c4nccnc34)[se]2)cc1. The van der Waals surface area contributed by atoms with Gasteiger partial charge in [0, 0.05) is 0 Å². The molecule has 0 radical (unpaired) electrons. The van der Waals surface area contributed by atoms with Crippen molar-refractivity contribution < 1.29 is 26.3 Å². The second kappa shape index (κ2) is 9.91. The third kappa shape index (κ3) is 5.17. The molecule has 2 aromatic carbocycles. The molecule has 0 N–H and O–H groups in total. The number of alkyl halides is 6. The van der Waals surface area contributed by atoms with Gasteiger partial charge in [-0.05, 0) is 0 Å². The van der Waals surface area contributed by atoms with Gasteiger partial charge in [-0.2, -0.15) is 0 Å². The minimum atomic E-state index is -4.38. The van der Waals surface area contributed by atoms with E-state index in [9.17, 15) is 26.3 Å². The monoisotopic (exact) mass is 684 g/mol. The number of halogens is 6. The number of fused-ring (bicyclic) bond motifs is 1. The Labute approximate surface area is 234 Å². The van der Waals surface area contributed by atoms with Gasteiger partial charge in [0.05, 0.1) is 0 Å². The van der Waals surface area contributed by atoms with Gasteiger partial charge in [-0.3, -0.25) is 0 Å². The van der Waals surface area contributed by atoms with Gasteiger partial charge < -0.3 is 0 Å². The molecule has 0 saturated heterocycles. The number of aromatic nitrogens is 2. The van der Waals surface area contributed by atoms with E-state index in [4.69, 9.17) is 0 Å². The van der Waals surface area contributed by atoms with E-state index in [2.05, 4.69) is 9.97 Å². The molecule has 4 aromatic heterocycles. The Bertz CT molecular complexity index is 1650. The molecule has 0 fully saturated rings. The van der Waals surface area contributed by atoms with Gasteiger partial charge in [-0.1, -0.05) is 0 Å². The first-order chi connectivity index (χ1) is 18.6. The van der Waals surface area contributed by atoms with Crippen LogP contribution < -0.4 is 0 Å². The number of hydrogen-bond donors (Lipinski definition) is 0. The van der Waals surface area contributed by atoms with Crippen LogP contribution in [0.1, 0.15) is 11.1 Å². The Morgan fingerprint density at radius 3 is 1.21 bits per heavy atom. The molecule has 0 bridgehead atoms. The van der Waals surface area contributed by atoms with E-state index in [0.717, 1.165) is 73.9 Å². The summed E-state index contributed by atoms with van der Waals surface area (Å²) in [6.45, 7) is 0. The maximum atomic E-state index is 13.0. The topological polar surface area (TPSA) is 25.8 Å². The predicted octanol–water partition coefficient (Wildman–Crippen LogP) is 8.51. The quantitative estimate of drug-likeness (QED) is 0.138. The molecule has 4 heterocycles. The zero-order chi connectivity index (χ0) is 27.4. The van der Waals surface area contributed by atoms with Crippen molar-refractivity contribution >= 4 is 51.4 Å². The summed E-state index contributed by atoms with van der Waals surface area (Å²) in [5.74, 6) is 0. The van der Waals surface area contributed by atoms with Gasteiger partial charge >= 0.3 is 235 Å². The second-order valence-corrected chi connectivity index (χ2v) is 14.1. The van der Waals surface area contributed by atoms with E-state index in [-0.39, 0.29) is 29.0 Å². The van der Waals surface area contributed by atoms with Crippen LogP contribution >= 0.6 is 11.3 Å². The van der Waals surface area contributed by atoms with Crippen LogP contribution in [0.5, 0.6) is 0 Å². The van der Waals surface area contributed by atoms with Gasteiger partial charge in [0.25, 0.3) is 0 Å². The zero-order valence-electron chi connectivity index (χ0n) is 19.5. The molecule has 0 amide bonds. The van der Waals surface area contributed by atoms with E-state index in [1.807, 2.05) is 24.3 Å². The van der Waals surface area contributed by atoms with Crippen LogP contribution in [0.3, 0.4) is 0 Å². The van der Waals surface area contributed by atoms with Crippen LogP contribution in [-0.2, 0) is 12.4 Å². The third-order valence-corrected chi connectivity index (χ3v) is 12.6. The van der Waals surface area contributed by atoms with E-state index >= 15 is 0 Å². The molecule has 2 nitrogen and oxygen atoms in total. The molecule has 196 valence electrons. The summed E-state index contributed by atoms with van der Waals surface area (Å²) in [6, 6.07) is 18.3. The number of hydrogen-bond acceptors (Lipinski definition) is 3. The summed E-state index contributed by atoms with van der Waals surface area (Å²) in [5, 5.41) is 0. The predicted molar refractivity (Wildman–Crippen MR) is 143 cm³/mol. The van der Waals surface area contributed by atoms with Gasteiger partial charge in [-0.15, -0.1) is 0 Å². The molecule has 0 saturated carbocycles. The Morgan fingerprint density at radius 1 is 0.487 bits per heavy atom. The summed E-state index contributed by atoms with van der Waals surface area (Å²) in [6.07, 6.45) is -5.48. The molecule has 6 aromatic rings.